The number of hydrogen-bond donors (Lipinski definition) is 0. The van der Waals surface area contributed by atoms with Crippen LogP contribution in [0.15, 0.2) is 35.3 Å². The van der Waals surface area contributed by atoms with Crippen molar-refractivity contribution in [3.63, 3.8) is 0 Å². The number of hydrogen-bond acceptors (Lipinski definition) is 1. The number of nitrogens with zero attached hydrogens (tertiary/aromatic N) is 1. The van der Waals surface area contributed by atoms with Crippen LogP contribution in [0.5, 0.6) is 0 Å². The first-order chi connectivity index (χ1) is 8.52. The molecule has 0 spiro atoms. The highest BCUT2D eigenvalue weighted by Crippen LogP contribution is 2.34. The minimum atomic E-state index is 0.198. The van der Waals surface area contributed by atoms with E-state index in [1.165, 1.54) is 5.56 Å². The van der Waals surface area contributed by atoms with Crippen molar-refractivity contribution in [1.82, 2.24) is 0 Å². The third-order valence-electron chi connectivity index (χ3n) is 3.39. The lowest BCUT2D eigenvalue weighted by Gasteiger charge is -2.22. The van der Waals surface area contributed by atoms with Crippen molar-refractivity contribution in [2.24, 2.45) is 5.92 Å². The van der Waals surface area contributed by atoms with Gasteiger partial charge in [-0.15, -0.1) is 6.58 Å². The second kappa shape index (κ2) is 5.27. The number of rotatable bonds is 3. The Morgan fingerprint density at radius 3 is 2.78 bits per heavy atom. The highest BCUT2D eigenvalue weighted by molar-refractivity contribution is 9.10. The topological polar surface area (TPSA) is 20.3 Å². The number of carbonyl (C=O) groups is 1. The highest BCUT2D eigenvalue weighted by atomic mass is 79.9. The van der Waals surface area contributed by atoms with Gasteiger partial charge in [-0.25, -0.2) is 0 Å². The van der Waals surface area contributed by atoms with Gasteiger partial charge in [0.15, 0.2) is 0 Å². The van der Waals surface area contributed by atoms with Crippen molar-refractivity contribution in [3.05, 3.63) is 40.9 Å². The summed E-state index contributed by atoms with van der Waals surface area (Å²) in [6.07, 6.45) is 2.46. The molecular weight excluding hydrogens is 290 g/mol. The molecule has 18 heavy (non-hydrogen) atoms. The minimum absolute atomic E-state index is 0.198. The Balaban J connectivity index is 2.39. The molecule has 0 N–H and O–H groups in total. The monoisotopic (exact) mass is 307 g/mol. The van der Waals surface area contributed by atoms with Crippen LogP contribution in [0, 0.1) is 5.92 Å². The first-order valence-electron chi connectivity index (χ1n) is 6.25. The first kappa shape index (κ1) is 13.3. The fourth-order valence-electron chi connectivity index (χ4n) is 2.36. The molecule has 1 aliphatic rings. The first-order valence-corrected chi connectivity index (χ1v) is 7.04. The summed E-state index contributed by atoms with van der Waals surface area (Å²) in [7, 11) is 0. The smallest absolute Gasteiger partial charge is 0.227 e. The Morgan fingerprint density at radius 1 is 1.50 bits per heavy atom. The summed E-state index contributed by atoms with van der Waals surface area (Å²) in [5.74, 6) is 0.873. The van der Waals surface area contributed by atoms with E-state index in [1.54, 1.807) is 0 Å². The zero-order valence-corrected chi connectivity index (χ0v) is 12.4. The van der Waals surface area contributed by atoms with Crippen LogP contribution in [0.2, 0.25) is 0 Å². The molecular formula is C15H18BrNO. The van der Waals surface area contributed by atoms with Gasteiger partial charge in [-0.2, -0.15) is 0 Å². The van der Waals surface area contributed by atoms with Crippen molar-refractivity contribution < 1.29 is 4.79 Å². The zero-order chi connectivity index (χ0) is 13.3. The maximum atomic E-state index is 12.1. The van der Waals surface area contributed by atoms with E-state index in [0.717, 1.165) is 16.7 Å². The van der Waals surface area contributed by atoms with Crippen LogP contribution in [0.1, 0.15) is 31.7 Å². The van der Waals surface area contributed by atoms with Crippen LogP contribution in [0.3, 0.4) is 0 Å². The molecule has 0 aromatic heterocycles. The van der Waals surface area contributed by atoms with E-state index < -0.39 is 0 Å². The predicted molar refractivity (Wildman–Crippen MR) is 78.9 cm³/mol. The van der Waals surface area contributed by atoms with Crippen LogP contribution < -0.4 is 4.90 Å². The number of anilines is 1. The molecule has 1 fully saturated rings. The van der Waals surface area contributed by atoms with Crippen molar-refractivity contribution in [2.45, 2.75) is 26.2 Å². The molecule has 1 unspecified atom stereocenters. The summed E-state index contributed by atoms with van der Waals surface area (Å²) in [6, 6.07) is 6.13. The second-order valence-electron chi connectivity index (χ2n) is 5.06. The lowest BCUT2D eigenvalue weighted by Crippen LogP contribution is -2.25. The molecule has 1 aromatic carbocycles. The van der Waals surface area contributed by atoms with Gasteiger partial charge in [0, 0.05) is 29.0 Å². The van der Waals surface area contributed by atoms with E-state index in [0.29, 0.717) is 12.3 Å². The molecule has 1 amide bonds. The van der Waals surface area contributed by atoms with Crippen LogP contribution in [0.25, 0.3) is 0 Å². The second-order valence-corrected chi connectivity index (χ2v) is 5.98. The lowest BCUT2D eigenvalue weighted by atomic mass is 10.0. The predicted octanol–water partition coefficient (Wildman–Crippen LogP) is 4.11. The maximum Gasteiger partial charge on any atom is 0.227 e. The molecule has 1 aliphatic heterocycles. The summed E-state index contributed by atoms with van der Waals surface area (Å²) in [4.78, 5) is 14.0. The molecule has 1 aromatic rings. The van der Waals surface area contributed by atoms with Gasteiger partial charge in [0.25, 0.3) is 0 Å². The molecule has 1 heterocycles. The third kappa shape index (κ3) is 2.51. The average Bonchev–Trinajstić information content (AvgIpc) is 2.70. The van der Waals surface area contributed by atoms with Gasteiger partial charge in [-0.3, -0.25) is 4.79 Å². The fourth-order valence-corrected chi connectivity index (χ4v) is 2.74. The summed E-state index contributed by atoms with van der Waals surface area (Å²) in [6.45, 7) is 8.84. The van der Waals surface area contributed by atoms with Crippen molar-refractivity contribution >= 4 is 27.5 Å². The standard InChI is InChI=1S/C15H18BrNO/c1-4-11-7-15(18)17(9-11)14-6-5-12(16)8-13(14)10(2)3/h4-6,8,10-11H,1,7,9H2,2-3H3. The van der Waals surface area contributed by atoms with Crippen LogP contribution >= 0.6 is 15.9 Å². The largest absolute Gasteiger partial charge is 0.312 e. The number of amides is 1. The molecule has 1 saturated heterocycles. The van der Waals surface area contributed by atoms with Crippen LogP contribution in [-0.4, -0.2) is 12.5 Å². The van der Waals surface area contributed by atoms with Crippen molar-refractivity contribution in [3.8, 4) is 0 Å². The number of benzene rings is 1. The van der Waals surface area contributed by atoms with Crippen molar-refractivity contribution in [2.75, 3.05) is 11.4 Å². The van der Waals surface area contributed by atoms with Crippen molar-refractivity contribution in [1.29, 1.82) is 0 Å². The summed E-state index contributed by atoms with van der Waals surface area (Å²) >= 11 is 3.49. The molecule has 0 radical (unpaired) electrons. The Kier molecular flexibility index (Phi) is 3.91. The SMILES string of the molecule is C=CC1CC(=O)N(c2ccc(Br)cc2C(C)C)C1. The number of halogens is 1. The molecule has 0 aliphatic carbocycles. The van der Waals surface area contributed by atoms with Gasteiger partial charge in [0.2, 0.25) is 5.91 Å². The quantitative estimate of drug-likeness (QED) is 0.770. The van der Waals surface area contributed by atoms with E-state index in [4.69, 9.17) is 0 Å². The van der Waals surface area contributed by atoms with E-state index in [9.17, 15) is 4.79 Å². The van der Waals surface area contributed by atoms with Gasteiger partial charge < -0.3 is 4.90 Å². The third-order valence-corrected chi connectivity index (χ3v) is 3.88. The van der Waals surface area contributed by atoms with Crippen LogP contribution in [0.4, 0.5) is 5.69 Å². The molecule has 2 nitrogen and oxygen atoms in total. The molecule has 1 atom stereocenters. The Bertz CT molecular complexity index is 481. The van der Waals surface area contributed by atoms with Gasteiger partial charge in [0.1, 0.15) is 0 Å². The summed E-state index contributed by atoms with van der Waals surface area (Å²) in [5, 5.41) is 0. The van der Waals surface area contributed by atoms with E-state index >= 15 is 0 Å². The van der Waals surface area contributed by atoms with Gasteiger partial charge >= 0.3 is 0 Å². The van der Waals surface area contributed by atoms with E-state index in [2.05, 4.69) is 42.4 Å². The van der Waals surface area contributed by atoms with Gasteiger partial charge in [-0.1, -0.05) is 35.9 Å². The average molecular weight is 308 g/mol. The zero-order valence-electron chi connectivity index (χ0n) is 10.8. The fraction of sp³-hybridized carbons (Fsp3) is 0.400. The van der Waals surface area contributed by atoms with Gasteiger partial charge in [0.05, 0.1) is 0 Å². The molecule has 2 rings (SSSR count). The lowest BCUT2D eigenvalue weighted by molar-refractivity contribution is -0.117. The summed E-state index contributed by atoms with van der Waals surface area (Å²) < 4.78 is 1.06. The molecule has 0 bridgehead atoms. The Hall–Kier alpha value is -1.09. The number of carbonyl (C=O) groups excluding carboxylic acids is 1. The Morgan fingerprint density at radius 2 is 2.22 bits per heavy atom. The highest BCUT2D eigenvalue weighted by Gasteiger charge is 2.30. The van der Waals surface area contributed by atoms with E-state index in [-0.39, 0.29) is 11.8 Å². The molecule has 96 valence electrons. The minimum Gasteiger partial charge on any atom is -0.312 e. The van der Waals surface area contributed by atoms with Crippen LogP contribution in [-0.2, 0) is 4.79 Å². The maximum absolute atomic E-state index is 12.1. The van der Waals surface area contributed by atoms with Gasteiger partial charge in [-0.05, 0) is 29.7 Å². The Labute approximate surface area is 117 Å². The van der Waals surface area contributed by atoms with E-state index in [1.807, 2.05) is 23.1 Å². The normalized spacial score (nSPS) is 19.7. The molecule has 3 heteroatoms. The molecule has 0 saturated carbocycles. The summed E-state index contributed by atoms with van der Waals surface area (Å²) in [5.41, 5.74) is 2.25.